The van der Waals surface area contributed by atoms with Gasteiger partial charge >= 0.3 is 5.97 Å². The molecule has 3 N–H and O–H groups in total. The van der Waals surface area contributed by atoms with Crippen molar-refractivity contribution in [3.63, 3.8) is 0 Å². The van der Waals surface area contributed by atoms with Gasteiger partial charge in [-0.1, -0.05) is 18.2 Å². The molecule has 0 saturated heterocycles. The van der Waals surface area contributed by atoms with Gasteiger partial charge in [0.1, 0.15) is 5.75 Å². The second-order valence-corrected chi connectivity index (χ2v) is 2.65. The van der Waals surface area contributed by atoms with Gasteiger partial charge in [-0.15, -0.1) is 0 Å². The highest BCUT2D eigenvalue weighted by Crippen LogP contribution is 2.22. The minimum atomic E-state index is -1.01. The molecule has 70 valence electrons. The van der Waals surface area contributed by atoms with Crippen LogP contribution in [0.15, 0.2) is 18.2 Å². The molecule has 0 spiro atoms. The van der Waals surface area contributed by atoms with Gasteiger partial charge in [-0.05, 0) is 0 Å². The van der Waals surface area contributed by atoms with Gasteiger partial charge in [0, 0.05) is 11.1 Å². The third kappa shape index (κ3) is 2.19. The van der Waals surface area contributed by atoms with Crippen molar-refractivity contribution in [3.8, 4) is 5.75 Å². The molecule has 0 atom stereocenters. The second-order valence-electron chi connectivity index (χ2n) is 2.65. The van der Waals surface area contributed by atoms with Gasteiger partial charge in [0.15, 0.2) is 0 Å². The predicted octanol–water partition coefficient (Wildman–Crippen LogP) is 0.512. The van der Waals surface area contributed by atoms with Crippen molar-refractivity contribution in [2.75, 3.05) is 0 Å². The van der Waals surface area contributed by atoms with E-state index in [1.165, 1.54) is 6.07 Å². The first-order chi connectivity index (χ1) is 6.15. The molecule has 0 fully saturated rings. The smallest absolute Gasteiger partial charge is 0.307 e. The van der Waals surface area contributed by atoms with E-state index >= 15 is 0 Å². The zero-order valence-corrected chi connectivity index (χ0v) is 6.90. The molecule has 4 heteroatoms. The highest BCUT2D eigenvalue weighted by atomic mass is 16.4. The third-order valence-electron chi connectivity index (χ3n) is 1.72. The van der Waals surface area contributed by atoms with E-state index in [2.05, 4.69) is 0 Å². The molecule has 0 amide bonds. The van der Waals surface area contributed by atoms with Gasteiger partial charge in [-0.2, -0.15) is 0 Å². The fourth-order valence-electron chi connectivity index (χ4n) is 1.08. The molecule has 1 aromatic rings. The van der Waals surface area contributed by atoms with Gasteiger partial charge in [0.2, 0.25) is 0 Å². The number of aliphatic carboxylic acids is 1. The Bertz CT molecular complexity index is 319. The monoisotopic (exact) mass is 182 g/mol. The third-order valence-corrected chi connectivity index (χ3v) is 1.72. The number of rotatable bonds is 3. The van der Waals surface area contributed by atoms with Crippen LogP contribution in [0.1, 0.15) is 11.1 Å². The summed E-state index contributed by atoms with van der Waals surface area (Å²) in [6.07, 6.45) is -0.236. The number of hydrogen-bond acceptors (Lipinski definition) is 3. The van der Waals surface area contributed by atoms with Gasteiger partial charge in [0.05, 0.1) is 13.0 Å². The lowest BCUT2D eigenvalue weighted by atomic mass is 10.1. The topological polar surface area (TPSA) is 77.8 Å². The Labute approximate surface area is 75.1 Å². The Balaban J connectivity index is 3.01. The first kappa shape index (κ1) is 9.54. The van der Waals surface area contributed by atoms with Gasteiger partial charge < -0.3 is 15.3 Å². The minimum Gasteiger partial charge on any atom is -0.507 e. The van der Waals surface area contributed by atoms with Crippen LogP contribution in [-0.4, -0.2) is 21.3 Å². The Morgan fingerprint density at radius 1 is 1.31 bits per heavy atom. The first-order valence-electron chi connectivity index (χ1n) is 3.77. The number of carbonyl (C=O) groups is 1. The van der Waals surface area contributed by atoms with Crippen LogP contribution in [0.2, 0.25) is 0 Å². The largest absolute Gasteiger partial charge is 0.507 e. The van der Waals surface area contributed by atoms with Gasteiger partial charge in [0.25, 0.3) is 0 Å². The highest BCUT2D eigenvalue weighted by Gasteiger charge is 2.08. The number of para-hydroxylation sites is 1. The summed E-state index contributed by atoms with van der Waals surface area (Å²) in [6.45, 7) is -0.292. The van der Waals surface area contributed by atoms with E-state index in [1.54, 1.807) is 12.1 Å². The van der Waals surface area contributed by atoms with Crippen molar-refractivity contribution in [2.45, 2.75) is 13.0 Å². The van der Waals surface area contributed by atoms with Crippen LogP contribution in [0.3, 0.4) is 0 Å². The lowest BCUT2D eigenvalue weighted by Gasteiger charge is -2.05. The van der Waals surface area contributed by atoms with E-state index in [9.17, 15) is 9.90 Å². The van der Waals surface area contributed by atoms with Gasteiger partial charge in [-0.3, -0.25) is 4.79 Å². The van der Waals surface area contributed by atoms with Crippen LogP contribution < -0.4 is 0 Å². The molecular weight excluding hydrogens is 172 g/mol. The maximum atomic E-state index is 10.3. The summed E-state index contributed by atoms with van der Waals surface area (Å²) in [7, 11) is 0. The number of aromatic hydroxyl groups is 1. The number of phenols is 1. The summed E-state index contributed by atoms with van der Waals surface area (Å²) >= 11 is 0. The molecular formula is C9H10O4. The number of benzene rings is 1. The van der Waals surface area contributed by atoms with Crippen LogP contribution in [0.25, 0.3) is 0 Å². The summed E-state index contributed by atoms with van der Waals surface area (Å²) < 4.78 is 0. The molecule has 0 aliphatic carbocycles. The Morgan fingerprint density at radius 3 is 2.46 bits per heavy atom. The summed E-state index contributed by atoms with van der Waals surface area (Å²) in [5.41, 5.74) is 0.665. The fourth-order valence-corrected chi connectivity index (χ4v) is 1.08. The van der Waals surface area contributed by atoms with Crippen molar-refractivity contribution < 1.29 is 20.1 Å². The zero-order valence-electron chi connectivity index (χ0n) is 6.90. The first-order valence-corrected chi connectivity index (χ1v) is 3.77. The number of carboxylic acids is 1. The summed E-state index contributed by atoms with van der Waals surface area (Å²) in [5, 5.41) is 26.7. The second kappa shape index (κ2) is 3.91. The summed E-state index contributed by atoms with van der Waals surface area (Å²) in [5.74, 6) is -1.14. The molecule has 1 rings (SSSR count). The number of hydrogen-bond donors (Lipinski definition) is 3. The number of aliphatic hydroxyl groups excluding tert-OH is 1. The van der Waals surface area contributed by atoms with E-state index < -0.39 is 5.97 Å². The van der Waals surface area contributed by atoms with E-state index in [4.69, 9.17) is 10.2 Å². The molecule has 0 heterocycles. The molecule has 0 bridgehead atoms. The molecule has 0 aliphatic heterocycles. The molecule has 0 aromatic heterocycles. The Hall–Kier alpha value is -1.55. The molecule has 0 aliphatic rings. The maximum absolute atomic E-state index is 10.3. The van der Waals surface area contributed by atoms with Crippen LogP contribution in [-0.2, 0) is 17.8 Å². The lowest BCUT2D eigenvalue weighted by Crippen LogP contribution is -2.01. The Kier molecular flexibility index (Phi) is 2.87. The van der Waals surface area contributed by atoms with Crippen molar-refractivity contribution in [1.82, 2.24) is 0 Å². The van der Waals surface area contributed by atoms with Gasteiger partial charge in [-0.25, -0.2) is 0 Å². The summed E-state index contributed by atoms with van der Waals surface area (Å²) in [4.78, 5) is 10.3. The van der Waals surface area contributed by atoms with E-state index in [0.29, 0.717) is 11.1 Å². The van der Waals surface area contributed by atoms with Crippen LogP contribution >= 0.6 is 0 Å². The Morgan fingerprint density at radius 2 is 1.92 bits per heavy atom. The molecule has 13 heavy (non-hydrogen) atoms. The average molecular weight is 182 g/mol. The van der Waals surface area contributed by atoms with E-state index in [-0.39, 0.29) is 18.8 Å². The van der Waals surface area contributed by atoms with Crippen molar-refractivity contribution in [1.29, 1.82) is 0 Å². The van der Waals surface area contributed by atoms with Crippen molar-refractivity contribution >= 4 is 5.97 Å². The van der Waals surface area contributed by atoms with E-state index in [1.807, 2.05) is 0 Å². The summed E-state index contributed by atoms with van der Waals surface area (Å²) in [6, 6.07) is 4.66. The standard InChI is InChI=1S/C9H10O4/c10-5-7-3-1-2-6(9(7)13)4-8(11)12/h1-3,10,13H,4-5H2,(H,11,12). The van der Waals surface area contributed by atoms with E-state index in [0.717, 1.165) is 0 Å². The lowest BCUT2D eigenvalue weighted by molar-refractivity contribution is -0.136. The average Bonchev–Trinajstić information content (AvgIpc) is 2.08. The zero-order chi connectivity index (χ0) is 9.84. The van der Waals surface area contributed by atoms with Crippen molar-refractivity contribution in [3.05, 3.63) is 29.3 Å². The quantitative estimate of drug-likeness (QED) is 0.636. The minimum absolute atomic E-state index is 0.132. The SMILES string of the molecule is O=C(O)Cc1cccc(CO)c1O. The highest BCUT2D eigenvalue weighted by molar-refractivity contribution is 5.71. The molecule has 0 saturated carbocycles. The normalized spacial score (nSPS) is 9.92. The van der Waals surface area contributed by atoms with Crippen molar-refractivity contribution in [2.24, 2.45) is 0 Å². The number of aliphatic hydroxyl groups is 1. The number of carboxylic acid groups (broad SMARTS) is 1. The molecule has 0 unspecified atom stereocenters. The fraction of sp³-hybridized carbons (Fsp3) is 0.222. The molecule has 4 nitrogen and oxygen atoms in total. The molecule has 1 aromatic carbocycles. The maximum Gasteiger partial charge on any atom is 0.307 e. The van der Waals surface area contributed by atoms with Crippen LogP contribution in [0, 0.1) is 0 Å². The predicted molar refractivity (Wildman–Crippen MR) is 45.4 cm³/mol. The molecule has 0 radical (unpaired) electrons. The van der Waals surface area contributed by atoms with Crippen LogP contribution in [0.4, 0.5) is 0 Å². The van der Waals surface area contributed by atoms with Crippen LogP contribution in [0.5, 0.6) is 5.75 Å².